The van der Waals surface area contributed by atoms with Gasteiger partial charge < -0.3 is 13.9 Å². The number of ether oxygens (including phenoxy) is 2. The Morgan fingerprint density at radius 3 is 2.65 bits per heavy atom. The van der Waals surface area contributed by atoms with E-state index in [-0.39, 0.29) is 18.3 Å². The van der Waals surface area contributed by atoms with Crippen LogP contribution in [-0.2, 0) is 9.53 Å². The van der Waals surface area contributed by atoms with Crippen molar-refractivity contribution in [3.05, 3.63) is 107 Å². The number of furan rings is 1. The summed E-state index contributed by atoms with van der Waals surface area (Å²) in [5, 5.41) is 0.866. The first kappa shape index (κ1) is 28.0. The molecule has 0 radical (unpaired) electrons. The van der Waals surface area contributed by atoms with Crippen LogP contribution in [0.3, 0.4) is 0 Å². The normalized spacial score (nSPS) is 15.3. The number of rotatable bonds is 7. The van der Waals surface area contributed by atoms with E-state index in [1.54, 1.807) is 50.3 Å². The van der Waals surface area contributed by atoms with Crippen LogP contribution >= 0.6 is 34.5 Å². The van der Waals surface area contributed by atoms with Crippen LogP contribution in [0.2, 0.25) is 10.0 Å². The molecule has 7 nitrogen and oxygen atoms in total. The number of allylic oxidation sites excluding steroid dienone is 1. The molecule has 1 aliphatic heterocycles. The first-order valence-electron chi connectivity index (χ1n) is 12.7. The van der Waals surface area contributed by atoms with Crippen LogP contribution in [0.4, 0.5) is 0 Å². The molecule has 206 valence electrons. The van der Waals surface area contributed by atoms with Crippen LogP contribution in [0.25, 0.3) is 17.4 Å². The van der Waals surface area contributed by atoms with Gasteiger partial charge in [0.1, 0.15) is 23.3 Å². The lowest BCUT2D eigenvalue weighted by molar-refractivity contribution is -0.139. The zero-order chi connectivity index (χ0) is 28.6. The predicted octanol–water partition coefficient (Wildman–Crippen LogP) is 6.15. The molecule has 0 saturated carbocycles. The number of thiazole rings is 1. The summed E-state index contributed by atoms with van der Waals surface area (Å²) in [4.78, 5) is 32.2. The van der Waals surface area contributed by atoms with Gasteiger partial charge in [-0.3, -0.25) is 9.36 Å². The Labute approximate surface area is 244 Å². The van der Waals surface area contributed by atoms with Crippen molar-refractivity contribution in [3.63, 3.8) is 0 Å². The standard InChI is InChI=1S/C30H26Cl2N2O5S/c1-5-37-29(36)26-17(4)33-30-34(27(26)20-8-6-7-9-24(20)38-16(2)3)28(35)25(40-30)15-19-11-13-23(39-19)18-10-12-21(31)22(32)14-18/h6-16,27H,5H2,1-4H3/b25-15-/t27-/m1/s1. The van der Waals surface area contributed by atoms with Gasteiger partial charge in [0.25, 0.3) is 5.56 Å². The van der Waals surface area contributed by atoms with E-state index in [9.17, 15) is 9.59 Å². The SMILES string of the molecule is CCOC(=O)C1=C(C)N=c2s/c(=C\c3ccc(-c4ccc(Cl)c(Cl)c4)o3)c(=O)n2[C@@H]1c1ccccc1OC(C)C. The Balaban J connectivity index is 1.66. The molecule has 40 heavy (non-hydrogen) atoms. The van der Waals surface area contributed by atoms with Gasteiger partial charge in [0, 0.05) is 17.2 Å². The summed E-state index contributed by atoms with van der Waals surface area (Å²) in [6, 6.07) is 15.4. The fourth-order valence-electron chi connectivity index (χ4n) is 4.52. The van der Waals surface area contributed by atoms with Gasteiger partial charge >= 0.3 is 5.97 Å². The number of aromatic nitrogens is 1. The number of hydrogen-bond acceptors (Lipinski definition) is 7. The zero-order valence-corrected chi connectivity index (χ0v) is 24.6. The number of carbonyl (C=O) groups is 1. The number of esters is 1. The van der Waals surface area contributed by atoms with Crippen molar-refractivity contribution in [2.75, 3.05) is 6.61 Å². The summed E-state index contributed by atoms with van der Waals surface area (Å²) in [6.07, 6.45) is 1.55. The Bertz CT molecular complexity index is 1820. The van der Waals surface area contributed by atoms with E-state index in [2.05, 4.69) is 4.99 Å². The van der Waals surface area contributed by atoms with E-state index >= 15 is 0 Å². The van der Waals surface area contributed by atoms with E-state index in [4.69, 9.17) is 37.1 Å². The van der Waals surface area contributed by atoms with E-state index < -0.39 is 12.0 Å². The smallest absolute Gasteiger partial charge is 0.338 e. The maximum Gasteiger partial charge on any atom is 0.338 e. The fraction of sp³-hybridized carbons (Fsp3) is 0.233. The quantitative estimate of drug-likeness (QED) is 0.239. The number of nitrogens with zero attached hydrogens (tertiary/aromatic N) is 2. The second-order valence-corrected chi connectivity index (χ2v) is 11.2. The summed E-state index contributed by atoms with van der Waals surface area (Å²) >= 11 is 13.4. The predicted molar refractivity (Wildman–Crippen MR) is 157 cm³/mol. The van der Waals surface area contributed by atoms with E-state index in [0.29, 0.717) is 53.5 Å². The van der Waals surface area contributed by atoms with E-state index in [1.807, 2.05) is 38.1 Å². The molecule has 2 aromatic heterocycles. The van der Waals surface area contributed by atoms with E-state index in [1.165, 1.54) is 15.9 Å². The summed E-state index contributed by atoms with van der Waals surface area (Å²) in [5.41, 5.74) is 1.89. The molecule has 4 aromatic rings. The number of halogens is 2. The highest BCUT2D eigenvalue weighted by Gasteiger charge is 2.35. The van der Waals surface area contributed by atoms with Crippen molar-refractivity contribution in [3.8, 4) is 17.1 Å². The fourth-order valence-corrected chi connectivity index (χ4v) is 5.84. The van der Waals surface area contributed by atoms with Gasteiger partial charge in [0.15, 0.2) is 4.80 Å². The van der Waals surface area contributed by atoms with Crippen LogP contribution in [0, 0.1) is 0 Å². The third kappa shape index (κ3) is 5.39. The Morgan fingerprint density at radius 1 is 1.15 bits per heavy atom. The number of benzene rings is 2. The maximum absolute atomic E-state index is 13.9. The second kappa shape index (κ2) is 11.5. The lowest BCUT2D eigenvalue weighted by Gasteiger charge is -2.26. The Kier molecular flexibility index (Phi) is 8.03. The summed E-state index contributed by atoms with van der Waals surface area (Å²) in [7, 11) is 0. The Hall–Kier alpha value is -3.59. The van der Waals surface area contributed by atoms with Crippen molar-refractivity contribution in [1.29, 1.82) is 0 Å². The van der Waals surface area contributed by atoms with Crippen LogP contribution < -0.4 is 19.6 Å². The molecule has 0 amide bonds. The van der Waals surface area contributed by atoms with Crippen molar-refractivity contribution >= 4 is 46.6 Å². The third-order valence-electron chi connectivity index (χ3n) is 6.20. The van der Waals surface area contributed by atoms with Crippen molar-refractivity contribution in [2.24, 2.45) is 4.99 Å². The molecule has 1 atom stereocenters. The van der Waals surface area contributed by atoms with Crippen molar-refractivity contribution in [1.82, 2.24) is 4.57 Å². The van der Waals surface area contributed by atoms with Gasteiger partial charge in [-0.2, -0.15) is 0 Å². The highest BCUT2D eigenvalue weighted by molar-refractivity contribution is 7.07. The van der Waals surface area contributed by atoms with Gasteiger partial charge in [-0.1, -0.05) is 52.7 Å². The van der Waals surface area contributed by atoms with Gasteiger partial charge in [0.2, 0.25) is 0 Å². The molecule has 5 rings (SSSR count). The van der Waals surface area contributed by atoms with Crippen molar-refractivity contribution in [2.45, 2.75) is 39.8 Å². The minimum absolute atomic E-state index is 0.114. The third-order valence-corrected chi connectivity index (χ3v) is 7.92. The topological polar surface area (TPSA) is 83.0 Å². The second-order valence-electron chi connectivity index (χ2n) is 9.34. The molecule has 0 unspecified atom stereocenters. The molecule has 0 N–H and O–H groups in total. The van der Waals surface area contributed by atoms with Gasteiger partial charge in [-0.25, -0.2) is 9.79 Å². The molecule has 1 aliphatic rings. The highest BCUT2D eigenvalue weighted by atomic mass is 35.5. The van der Waals surface area contributed by atoms with Crippen LogP contribution in [-0.4, -0.2) is 23.2 Å². The van der Waals surface area contributed by atoms with Gasteiger partial charge in [-0.05, 0) is 64.1 Å². The first-order valence-corrected chi connectivity index (χ1v) is 14.3. The molecule has 3 heterocycles. The van der Waals surface area contributed by atoms with Crippen LogP contribution in [0.15, 0.2) is 80.1 Å². The molecule has 2 aromatic carbocycles. The van der Waals surface area contributed by atoms with Crippen LogP contribution in [0.1, 0.15) is 45.1 Å². The molecule has 0 bridgehead atoms. The lowest BCUT2D eigenvalue weighted by atomic mass is 9.95. The summed E-state index contributed by atoms with van der Waals surface area (Å²) < 4.78 is 19.4. The molecule has 0 saturated heterocycles. The molecule has 0 aliphatic carbocycles. The molecule has 0 spiro atoms. The average Bonchev–Trinajstić information content (AvgIpc) is 3.49. The Morgan fingerprint density at radius 2 is 1.93 bits per heavy atom. The van der Waals surface area contributed by atoms with Gasteiger partial charge in [0.05, 0.1) is 38.6 Å². The first-order chi connectivity index (χ1) is 19.2. The molecule has 10 heteroatoms. The average molecular weight is 598 g/mol. The maximum atomic E-state index is 13.9. The molecular formula is C30H26Cl2N2O5S. The number of carbonyl (C=O) groups excluding carboxylic acids is 1. The lowest BCUT2D eigenvalue weighted by Crippen LogP contribution is -2.40. The van der Waals surface area contributed by atoms with Crippen LogP contribution in [0.5, 0.6) is 5.75 Å². The van der Waals surface area contributed by atoms with Gasteiger partial charge in [-0.15, -0.1) is 0 Å². The largest absolute Gasteiger partial charge is 0.491 e. The molecule has 0 fully saturated rings. The number of fused-ring (bicyclic) bond motifs is 1. The van der Waals surface area contributed by atoms with Crippen molar-refractivity contribution < 1.29 is 18.7 Å². The zero-order valence-electron chi connectivity index (χ0n) is 22.2. The summed E-state index contributed by atoms with van der Waals surface area (Å²) in [5.74, 6) is 1.11. The number of para-hydroxylation sites is 1. The molecular weight excluding hydrogens is 571 g/mol. The minimum Gasteiger partial charge on any atom is -0.491 e. The number of hydrogen-bond donors (Lipinski definition) is 0. The minimum atomic E-state index is -0.782. The highest BCUT2D eigenvalue weighted by Crippen LogP contribution is 2.36. The van der Waals surface area contributed by atoms with E-state index in [0.717, 1.165) is 5.56 Å². The monoisotopic (exact) mass is 596 g/mol. The summed E-state index contributed by atoms with van der Waals surface area (Å²) in [6.45, 7) is 7.52.